The van der Waals surface area contributed by atoms with Gasteiger partial charge in [-0.2, -0.15) is 0 Å². The summed E-state index contributed by atoms with van der Waals surface area (Å²) in [6.07, 6.45) is 0.834. The topological polar surface area (TPSA) is 51.0 Å². The molecule has 1 aromatic heterocycles. The van der Waals surface area contributed by atoms with Crippen LogP contribution in [0.15, 0.2) is 53.7 Å². The molecule has 1 amide bonds. The van der Waals surface area contributed by atoms with Crippen molar-refractivity contribution in [2.24, 2.45) is 0 Å². The lowest BCUT2D eigenvalue weighted by atomic mass is 10.1. The largest absolute Gasteiger partial charge is 0.345 e. The monoisotopic (exact) mass is 378 g/mol. The van der Waals surface area contributed by atoms with Crippen LogP contribution in [0.25, 0.3) is 17.1 Å². The number of aryl methyl sites for hydroxylation is 2. The minimum atomic E-state index is -0.104. The van der Waals surface area contributed by atoms with Crippen LogP contribution in [0.1, 0.15) is 17.5 Å². The van der Waals surface area contributed by atoms with Gasteiger partial charge in [-0.3, -0.25) is 9.36 Å². The number of amides is 1. The lowest BCUT2D eigenvalue weighted by Gasteiger charge is -2.14. The van der Waals surface area contributed by atoms with Crippen molar-refractivity contribution in [2.45, 2.75) is 30.7 Å². The van der Waals surface area contributed by atoms with E-state index >= 15 is 0 Å². The molecular formula is C21H22N4OS. The molecule has 0 radical (unpaired) electrons. The summed E-state index contributed by atoms with van der Waals surface area (Å²) in [4.78, 5) is 14.2. The molecule has 0 aliphatic carbocycles. The first-order chi connectivity index (χ1) is 13.0. The third-order valence-corrected chi connectivity index (χ3v) is 6.24. The molecule has 138 valence electrons. The van der Waals surface area contributed by atoms with Crippen molar-refractivity contribution in [1.29, 1.82) is 0 Å². The second-order valence-corrected chi connectivity index (χ2v) is 8.10. The maximum Gasteiger partial charge on any atom is 0.235 e. The molecule has 1 fully saturated rings. The van der Waals surface area contributed by atoms with Gasteiger partial charge in [-0.1, -0.05) is 48.2 Å². The molecule has 4 rings (SSSR count). The minimum Gasteiger partial charge on any atom is -0.345 e. The van der Waals surface area contributed by atoms with Crippen molar-refractivity contribution < 1.29 is 4.79 Å². The highest BCUT2D eigenvalue weighted by atomic mass is 32.2. The SMILES string of the molecule is Cc1ccc(-n2c(SC3CCN(C)C3=O)nnc2-c2ccccc2)cc1C. The zero-order valence-corrected chi connectivity index (χ0v) is 16.5. The molecule has 5 nitrogen and oxygen atoms in total. The fraction of sp³-hybridized carbons (Fsp3) is 0.286. The lowest BCUT2D eigenvalue weighted by molar-refractivity contribution is -0.126. The maximum absolute atomic E-state index is 12.4. The van der Waals surface area contributed by atoms with Gasteiger partial charge in [-0.05, 0) is 43.5 Å². The molecule has 0 N–H and O–H groups in total. The highest BCUT2D eigenvalue weighted by Gasteiger charge is 2.32. The van der Waals surface area contributed by atoms with E-state index in [1.165, 1.54) is 22.9 Å². The smallest absolute Gasteiger partial charge is 0.235 e. The number of thioether (sulfide) groups is 1. The number of hydrogen-bond acceptors (Lipinski definition) is 4. The number of aromatic nitrogens is 3. The summed E-state index contributed by atoms with van der Waals surface area (Å²) in [5.41, 5.74) is 4.48. The Bertz CT molecular complexity index is 983. The zero-order valence-electron chi connectivity index (χ0n) is 15.7. The van der Waals surface area contributed by atoms with E-state index in [0.717, 1.165) is 35.2 Å². The van der Waals surface area contributed by atoms with Crippen LogP contribution in [0, 0.1) is 13.8 Å². The summed E-state index contributed by atoms with van der Waals surface area (Å²) < 4.78 is 2.07. The average molecular weight is 379 g/mol. The van der Waals surface area contributed by atoms with Crippen LogP contribution in [-0.4, -0.2) is 44.4 Å². The number of nitrogens with zero attached hydrogens (tertiary/aromatic N) is 4. The van der Waals surface area contributed by atoms with E-state index in [9.17, 15) is 4.79 Å². The van der Waals surface area contributed by atoms with Crippen LogP contribution in [-0.2, 0) is 4.79 Å². The second kappa shape index (κ2) is 7.19. The number of rotatable bonds is 4. The molecule has 1 saturated heterocycles. The molecule has 3 aromatic rings. The summed E-state index contributed by atoms with van der Waals surface area (Å²) in [7, 11) is 1.85. The number of carbonyl (C=O) groups is 1. The normalized spacial score (nSPS) is 16.9. The van der Waals surface area contributed by atoms with Crippen molar-refractivity contribution in [3.05, 3.63) is 59.7 Å². The molecule has 0 saturated carbocycles. The number of benzene rings is 2. The van der Waals surface area contributed by atoms with E-state index < -0.39 is 0 Å². The first kappa shape index (κ1) is 17.8. The Morgan fingerprint density at radius 1 is 1.04 bits per heavy atom. The lowest BCUT2D eigenvalue weighted by Crippen LogP contribution is -2.24. The second-order valence-electron chi connectivity index (χ2n) is 6.93. The van der Waals surface area contributed by atoms with Gasteiger partial charge in [-0.25, -0.2) is 0 Å². The van der Waals surface area contributed by atoms with Crippen LogP contribution in [0.3, 0.4) is 0 Å². The molecule has 6 heteroatoms. The summed E-state index contributed by atoms with van der Waals surface area (Å²) in [6.45, 7) is 5.00. The molecule has 2 heterocycles. The van der Waals surface area contributed by atoms with Gasteiger partial charge in [0.15, 0.2) is 11.0 Å². The molecule has 1 aliphatic heterocycles. The van der Waals surface area contributed by atoms with Gasteiger partial charge in [0.05, 0.1) is 10.9 Å². The summed E-state index contributed by atoms with van der Waals surface area (Å²) in [5, 5.41) is 9.57. The highest BCUT2D eigenvalue weighted by Crippen LogP contribution is 2.34. The van der Waals surface area contributed by atoms with Gasteiger partial charge >= 0.3 is 0 Å². The van der Waals surface area contributed by atoms with Gasteiger partial charge in [0, 0.05) is 19.2 Å². The van der Waals surface area contributed by atoms with Crippen molar-refractivity contribution in [2.75, 3.05) is 13.6 Å². The Hall–Kier alpha value is -2.60. The fourth-order valence-electron chi connectivity index (χ4n) is 3.24. The molecule has 2 aromatic carbocycles. The summed E-state index contributed by atoms with van der Waals surface area (Å²) in [5.74, 6) is 0.955. The predicted octanol–water partition coefficient (Wildman–Crippen LogP) is 3.87. The standard InChI is InChI=1S/C21H22N4OS/c1-14-9-10-17(13-15(14)2)25-19(16-7-5-4-6-8-16)22-23-21(25)27-18-11-12-24(3)20(18)26/h4-10,13,18H,11-12H2,1-3H3. The average Bonchev–Trinajstić information content (AvgIpc) is 3.23. The highest BCUT2D eigenvalue weighted by molar-refractivity contribution is 8.00. The first-order valence-electron chi connectivity index (χ1n) is 9.04. The minimum absolute atomic E-state index is 0.104. The summed E-state index contributed by atoms with van der Waals surface area (Å²) >= 11 is 1.51. The van der Waals surface area contributed by atoms with E-state index in [4.69, 9.17) is 0 Å². The van der Waals surface area contributed by atoms with E-state index in [1.807, 2.05) is 37.4 Å². The van der Waals surface area contributed by atoms with Crippen LogP contribution in [0.5, 0.6) is 0 Å². The quantitative estimate of drug-likeness (QED) is 0.691. The molecule has 1 unspecified atom stereocenters. The predicted molar refractivity (Wildman–Crippen MR) is 108 cm³/mol. The maximum atomic E-state index is 12.4. The Morgan fingerprint density at radius 3 is 2.48 bits per heavy atom. The number of hydrogen-bond donors (Lipinski definition) is 0. The van der Waals surface area contributed by atoms with Crippen LogP contribution in [0.2, 0.25) is 0 Å². The van der Waals surface area contributed by atoms with E-state index in [-0.39, 0.29) is 11.2 Å². The van der Waals surface area contributed by atoms with Gasteiger partial charge in [-0.15, -0.1) is 10.2 Å². The first-order valence-corrected chi connectivity index (χ1v) is 9.92. The van der Waals surface area contributed by atoms with E-state index in [0.29, 0.717) is 0 Å². The molecule has 0 spiro atoms. The number of carbonyl (C=O) groups excluding carboxylic acids is 1. The van der Waals surface area contributed by atoms with Crippen molar-refractivity contribution in [3.63, 3.8) is 0 Å². The summed E-state index contributed by atoms with van der Waals surface area (Å²) in [6, 6.07) is 16.4. The Morgan fingerprint density at radius 2 is 1.81 bits per heavy atom. The van der Waals surface area contributed by atoms with Gasteiger partial charge in [0.1, 0.15) is 0 Å². The Labute approximate surface area is 163 Å². The molecule has 1 atom stereocenters. The third kappa shape index (κ3) is 3.37. The van der Waals surface area contributed by atoms with Crippen LogP contribution in [0.4, 0.5) is 0 Å². The third-order valence-electron chi connectivity index (χ3n) is 5.04. The van der Waals surface area contributed by atoms with Crippen LogP contribution >= 0.6 is 11.8 Å². The zero-order chi connectivity index (χ0) is 19.0. The van der Waals surface area contributed by atoms with Gasteiger partial charge < -0.3 is 4.90 Å². The van der Waals surface area contributed by atoms with Crippen LogP contribution < -0.4 is 0 Å². The van der Waals surface area contributed by atoms with Gasteiger partial charge in [0.2, 0.25) is 5.91 Å². The molecule has 0 bridgehead atoms. The molecule has 1 aliphatic rings. The van der Waals surface area contributed by atoms with Crippen molar-refractivity contribution in [3.8, 4) is 17.1 Å². The molecular weight excluding hydrogens is 356 g/mol. The Balaban J connectivity index is 1.81. The number of likely N-dealkylation sites (tertiary alicyclic amines) is 1. The fourth-order valence-corrected chi connectivity index (χ4v) is 4.39. The van der Waals surface area contributed by atoms with E-state index in [2.05, 4.69) is 46.8 Å². The van der Waals surface area contributed by atoms with Crippen molar-refractivity contribution in [1.82, 2.24) is 19.7 Å². The van der Waals surface area contributed by atoms with Gasteiger partial charge in [0.25, 0.3) is 0 Å². The molecule has 27 heavy (non-hydrogen) atoms. The van der Waals surface area contributed by atoms with E-state index in [1.54, 1.807) is 4.90 Å². The Kier molecular flexibility index (Phi) is 4.74. The van der Waals surface area contributed by atoms with Crippen molar-refractivity contribution >= 4 is 17.7 Å².